The topological polar surface area (TPSA) is 80.8 Å². The van der Waals surface area contributed by atoms with Crippen LogP contribution in [0.2, 0.25) is 0 Å². The van der Waals surface area contributed by atoms with Gasteiger partial charge in [-0.25, -0.2) is 16.8 Å². The summed E-state index contributed by atoms with van der Waals surface area (Å²) >= 11 is 0. The molecule has 2 heterocycles. The molecule has 2 aliphatic rings. The molecule has 2 aliphatic heterocycles. The summed E-state index contributed by atoms with van der Waals surface area (Å²) in [7, 11) is -6.91. The van der Waals surface area contributed by atoms with Crippen molar-refractivity contribution in [3.63, 3.8) is 0 Å². The molecule has 138 valence electrons. The number of ether oxygens (including phenoxy) is 1. The molecule has 0 saturated carbocycles. The number of hydrogen-bond acceptors (Lipinski definition) is 5. The summed E-state index contributed by atoms with van der Waals surface area (Å²) in [6.45, 7) is 0.836. The van der Waals surface area contributed by atoms with E-state index in [2.05, 4.69) is 0 Å². The Morgan fingerprint density at radius 2 is 1.96 bits per heavy atom. The van der Waals surface area contributed by atoms with Gasteiger partial charge < -0.3 is 4.74 Å². The number of nitrogens with zero attached hydrogens (tertiary/aromatic N) is 1. The molecule has 0 N–H and O–H groups in total. The van der Waals surface area contributed by atoms with E-state index in [1.54, 1.807) is 6.08 Å². The zero-order chi connectivity index (χ0) is 17.9. The highest BCUT2D eigenvalue weighted by atomic mass is 32.2. The number of hydrogen-bond donors (Lipinski definition) is 0. The first-order valence-electron chi connectivity index (χ1n) is 8.43. The Kier molecular flexibility index (Phi) is 5.62. The lowest BCUT2D eigenvalue weighted by molar-refractivity contribution is 0.0880. The predicted octanol–water partition coefficient (Wildman–Crippen LogP) is 1.66. The lowest BCUT2D eigenvalue weighted by atomic mass is 10.2. The average molecular weight is 386 g/mol. The maximum Gasteiger partial charge on any atom is 0.236 e. The third kappa shape index (κ3) is 4.91. The SMILES string of the molecule is O=S1(=O)CC[C@H](N(C[C@H]2CCCO2)S(=O)(=O)/C=C/c2ccccc2)C1. The first-order chi connectivity index (χ1) is 11.9. The van der Waals surface area contributed by atoms with Gasteiger partial charge in [0.05, 0.1) is 17.6 Å². The Morgan fingerprint density at radius 1 is 1.20 bits per heavy atom. The van der Waals surface area contributed by atoms with Crippen LogP contribution in [-0.2, 0) is 24.6 Å². The van der Waals surface area contributed by atoms with Gasteiger partial charge in [-0.3, -0.25) is 0 Å². The van der Waals surface area contributed by atoms with Gasteiger partial charge in [0.2, 0.25) is 10.0 Å². The highest BCUT2D eigenvalue weighted by molar-refractivity contribution is 7.93. The smallest absolute Gasteiger partial charge is 0.236 e. The monoisotopic (exact) mass is 385 g/mol. The molecular formula is C17H23NO5S2. The zero-order valence-corrected chi connectivity index (χ0v) is 15.6. The standard InChI is InChI=1S/C17H23NO5S2/c19-24(20)11-9-16(14-24)18(13-17-7-4-10-23-17)25(21,22)12-8-15-5-2-1-3-6-15/h1-3,5-6,8,12,16-17H,4,7,9-11,13-14H2/b12-8+/t16-,17+/m0/s1. The Morgan fingerprint density at radius 3 is 2.56 bits per heavy atom. The van der Waals surface area contributed by atoms with Crippen LogP contribution in [0, 0.1) is 0 Å². The summed E-state index contributed by atoms with van der Waals surface area (Å²) in [5.41, 5.74) is 0.780. The van der Waals surface area contributed by atoms with Gasteiger partial charge in [0.25, 0.3) is 0 Å². The fourth-order valence-electron chi connectivity index (χ4n) is 3.26. The highest BCUT2D eigenvalue weighted by Crippen LogP contribution is 2.25. The summed E-state index contributed by atoms with van der Waals surface area (Å²) < 4.78 is 56.3. The summed E-state index contributed by atoms with van der Waals surface area (Å²) in [5, 5.41) is 1.17. The van der Waals surface area contributed by atoms with E-state index in [-0.39, 0.29) is 24.2 Å². The molecule has 1 aromatic carbocycles. The van der Waals surface area contributed by atoms with Crippen LogP contribution in [0.5, 0.6) is 0 Å². The number of sulfone groups is 1. The van der Waals surface area contributed by atoms with Gasteiger partial charge in [-0.1, -0.05) is 30.3 Å². The Balaban J connectivity index is 1.82. The van der Waals surface area contributed by atoms with Crippen LogP contribution in [0.4, 0.5) is 0 Å². The largest absolute Gasteiger partial charge is 0.377 e. The third-order valence-corrected chi connectivity index (χ3v) is 7.91. The van der Waals surface area contributed by atoms with Crippen LogP contribution in [0.25, 0.3) is 6.08 Å². The van der Waals surface area contributed by atoms with E-state index in [1.807, 2.05) is 30.3 Å². The fraction of sp³-hybridized carbons (Fsp3) is 0.529. The van der Waals surface area contributed by atoms with Gasteiger partial charge in [0, 0.05) is 24.6 Å². The minimum atomic E-state index is -3.73. The molecule has 25 heavy (non-hydrogen) atoms. The lowest BCUT2D eigenvalue weighted by Gasteiger charge is -2.28. The second kappa shape index (κ2) is 7.57. The minimum absolute atomic E-state index is 0.0393. The zero-order valence-electron chi connectivity index (χ0n) is 14.0. The molecule has 6 nitrogen and oxygen atoms in total. The van der Waals surface area contributed by atoms with E-state index in [9.17, 15) is 16.8 Å². The third-order valence-electron chi connectivity index (χ3n) is 4.58. The lowest BCUT2D eigenvalue weighted by Crippen LogP contribution is -2.44. The number of sulfonamides is 1. The van der Waals surface area contributed by atoms with E-state index >= 15 is 0 Å². The normalized spacial score (nSPS) is 26.6. The molecule has 2 saturated heterocycles. The maximum atomic E-state index is 12.9. The molecule has 0 aliphatic carbocycles. The molecule has 8 heteroatoms. The Bertz CT molecular complexity index is 812. The number of benzene rings is 1. The van der Waals surface area contributed by atoms with Gasteiger partial charge in [-0.15, -0.1) is 0 Å². The quantitative estimate of drug-likeness (QED) is 0.744. The van der Waals surface area contributed by atoms with Crippen molar-refractivity contribution >= 4 is 25.9 Å². The van der Waals surface area contributed by atoms with E-state index in [0.29, 0.717) is 13.0 Å². The van der Waals surface area contributed by atoms with Gasteiger partial charge in [0.15, 0.2) is 9.84 Å². The van der Waals surface area contributed by atoms with Crippen LogP contribution < -0.4 is 0 Å². The summed E-state index contributed by atoms with van der Waals surface area (Å²) in [6, 6.07) is 8.64. The van der Waals surface area contributed by atoms with Crippen molar-refractivity contribution in [2.75, 3.05) is 24.7 Å². The van der Waals surface area contributed by atoms with Gasteiger partial charge in [-0.2, -0.15) is 4.31 Å². The minimum Gasteiger partial charge on any atom is -0.377 e. The fourth-order valence-corrected chi connectivity index (χ4v) is 6.54. The summed E-state index contributed by atoms with van der Waals surface area (Å²) in [4.78, 5) is 0. The summed E-state index contributed by atoms with van der Waals surface area (Å²) in [5.74, 6) is -0.0737. The molecule has 0 bridgehead atoms. The van der Waals surface area contributed by atoms with Crippen LogP contribution in [0.1, 0.15) is 24.8 Å². The van der Waals surface area contributed by atoms with Crippen LogP contribution in [0.3, 0.4) is 0 Å². The van der Waals surface area contributed by atoms with Crippen molar-refractivity contribution in [2.24, 2.45) is 0 Å². The molecule has 2 atom stereocenters. The molecule has 2 fully saturated rings. The van der Waals surface area contributed by atoms with Crippen molar-refractivity contribution in [3.05, 3.63) is 41.3 Å². The van der Waals surface area contributed by atoms with Gasteiger partial charge in [0.1, 0.15) is 0 Å². The van der Waals surface area contributed by atoms with E-state index < -0.39 is 25.9 Å². The Hall–Kier alpha value is -1.22. The average Bonchev–Trinajstić information content (AvgIpc) is 3.21. The van der Waals surface area contributed by atoms with Crippen molar-refractivity contribution in [2.45, 2.75) is 31.4 Å². The molecule has 0 amide bonds. The Labute approximate surface area is 149 Å². The first-order valence-corrected chi connectivity index (χ1v) is 11.8. The predicted molar refractivity (Wildman–Crippen MR) is 97.1 cm³/mol. The van der Waals surface area contributed by atoms with E-state index in [1.165, 1.54) is 9.71 Å². The van der Waals surface area contributed by atoms with Crippen molar-refractivity contribution in [3.8, 4) is 0 Å². The molecule has 0 spiro atoms. The van der Waals surface area contributed by atoms with E-state index in [0.717, 1.165) is 18.4 Å². The van der Waals surface area contributed by atoms with Crippen molar-refractivity contribution in [1.82, 2.24) is 4.31 Å². The maximum absolute atomic E-state index is 12.9. The molecule has 1 aromatic rings. The van der Waals surface area contributed by atoms with Crippen LogP contribution >= 0.6 is 0 Å². The second-order valence-electron chi connectivity index (χ2n) is 6.52. The number of rotatable bonds is 6. The molecule has 3 rings (SSSR count). The van der Waals surface area contributed by atoms with Crippen molar-refractivity contribution < 1.29 is 21.6 Å². The van der Waals surface area contributed by atoms with Crippen molar-refractivity contribution in [1.29, 1.82) is 0 Å². The summed E-state index contributed by atoms with van der Waals surface area (Å²) in [6.07, 6.45) is 3.42. The second-order valence-corrected chi connectivity index (χ2v) is 10.5. The molecule has 0 unspecified atom stereocenters. The van der Waals surface area contributed by atoms with Gasteiger partial charge in [-0.05, 0) is 30.9 Å². The van der Waals surface area contributed by atoms with Crippen LogP contribution in [-0.4, -0.2) is 57.9 Å². The highest BCUT2D eigenvalue weighted by Gasteiger charge is 2.38. The van der Waals surface area contributed by atoms with Crippen LogP contribution in [0.15, 0.2) is 35.7 Å². The first kappa shape index (κ1) is 18.6. The molecule has 0 radical (unpaired) electrons. The van der Waals surface area contributed by atoms with E-state index in [4.69, 9.17) is 4.74 Å². The molecule has 0 aromatic heterocycles. The molecular weight excluding hydrogens is 362 g/mol. The van der Waals surface area contributed by atoms with Gasteiger partial charge >= 0.3 is 0 Å².